The number of carbonyl (C=O) groups excluding carboxylic acids is 1. The van der Waals surface area contributed by atoms with E-state index in [0.29, 0.717) is 23.3 Å². The first-order valence-electron chi connectivity index (χ1n) is 8.99. The van der Waals surface area contributed by atoms with Gasteiger partial charge in [-0.1, -0.05) is 30.3 Å². The molecule has 0 aliphatic heterocycles. The highest BCUT2D eigenvalue weighted by Crippen LogP contribution is 2.14. The van der Waals surface area contributed by atoms with Crippen molar-refractivity contribution in [2.45, 2.75) is 19.8 Å². The summed E-state index contributed by atoms with van der Waals surface area (Å²) in [5.74, 6) is 0.319. The van der Waals surface area contributed by atoms with Gasteiger partial charge in [0.2, 0.25) is 5.91 Å². The van der Waals surface area contributed by atoms with E-state index in [1.54, 1.807) is 4.68 Å². The molecular formula is C21H19N5O2. The van der Waals surface area contributed by atoms with E-state index >= 15 is 0 Å². The van der Waals surface area contributed by atoms with E-state index in [2.05, 4.69) is 20.4 Å². The van der Waals surface area contributed by atoms with Crippen LogP contribution < -0.4 is 10.9 Å². The lowest BCUT2D eigenvalue weighted by Crippen LogP contribution is -2.16. The molecule has 0 spiro atoms. The van der Waals surface area contributed by atoms with Crippen molar-refractivity contribution in [2.75, 3.05) is 5.32 Å². The average Bonchev–Trinajstić information content (AvgIpc) is 3.12. The van der Waals surface area contributed by atoms with Crippen molar-refractivity contribution in [3.8, 4) is 5.69 Å². The number of rotatable bonds is 5. The van der Waals surface area contributed by atoms with Crippen LogP contribution in [-0.2, 0) is 11.2 Å². The van der Waals surface area contributed by atoms with Crippen molar-refractivity contribution in [1.82, 2.24) is 19.7 Å². The zero-order chi connectivity index (χ0) is 19.5. The summed E-state index contributed by atoms with van der Waals surface area (Å²) >= 11 is 0. The highest BCUT2D eigenvalue weighted by Gasteiger charge is 2.12. The van der Waals surface area contributed by atoms with E-state index < -0.39 is 0 Å². The number of hydrogen-bond donors (Lipinski definition) is 2. The van der Waals surface area contributed by atoms with Crippen LogP contribution >= 0.6 is 0 Å². The fourth-order valence-corrected chi connectivity index (χ4v) is 3.02. The molecule has 7 heteroatoms. The first-order chi connectivity index (χ1) is 13.6. The van der Waals surface area contributed by atoms with Crippen molar-refractivity contribution in [2.24, 2.45) is 0 Å². The first-order valence-corrected chi connectivity index (χ1v) is 8.99. The lowest BCUT2D eigenvalue weighted by atomic mass is 10.2. The van der Waals surface area contributed by atoms with Gasteiger partial charge in [-0.05, 0) is 36.8 Å². The van der Waals surface area contributed by atoms with E-state index in [1.807, 2.05) is 61.5 Å². The van der Waals surface area contributed by atoms with Crippen molar-refractivity contribution < 1.29 is 4.79 Å². The monoisotopic (exact) mass is 373 g/mol. The van der Waals surface area contributed by atoms with Gasteiger partial charge in [0.25, 0.3) is 5.56 Å². The number of benzene rings is 2. The zero-order valence-corrected chi connectivity index (χ0v) is 15.3. The molecule has 0 unspecified atom stereocenters. The molecule has 0 fully saturated rings. The van der Waals surface area contributed by atoms with Gasteiger partial charge in [-0.2, -0.15) is 5.10 Å². The summed E-state index contributed by atoms with van der Waals surface area (Å²) in [7, 11) is 0. The molecule has 2 aromatic carbocycles. The minimum absolute atomic E-state index is 0.134. The molecule has 7 nitrogen and oxygen atoms in total. The summed E-state index contributed by atoms with van der Waals surface area (Å²) in [4.78, 5) is 31.9. The number of hydrogen-bond acceptors (Lipinski definition) is 4. The molecule has 2 N–H and O–H groups in total. The standard InChI is InChI=1S/C21H19N5O2/c1-14-6-5-7-15(12-14)23-19(27)11-10-18-24-20-17(21(28)25-18)13-22-26(20)16-8-3-2-4-9-16/h2-9,12-13H,10-11H2,1H3,(H,23,27)(H,24,25,28). The highest BCUT2D eigenvalue weighted by atomic mass is 16.1. The van der Waals surface area contributed by atoms with E-state index in [1.165, 1.54) is 6.20 Å². The lowest BCUT2D eigenvalue weighted by Gasteiger charge is -2.07. The number of H-pyrrole nitrogens is 1. The maximum Gasteiger partial charge on any atom is 0.262 e. The Morgan fingerprint density at radius 1 is 1.14 bits per heavy atom. The Balaban J connectivity index is 1.54. The Hall–Kier alpha value is -3.74. The van der Waals surface area contributed by atoms with E-state index in [4.69, 9.17) is 0 Å². The Bertz CT molecular complexity index is 1190. The maximum atomic E-state index is 12.4. The van der Waals surface area contributed by atoms with Crippen LogP contribution in [0.15, 0.2) is 65.6 Å². The van der Waals surface area contributed by atoms with E-state index in [9.17, 15) is 9.59 Å². The molecule has 1 amide bonds. The normalized spacial score (nSPS) is 10.9. The number of anilines is 1. The van der Waals surface area contributed by atoms with Gasteiger partial charge >= 0.3 is 0 Å². The fourth-order valence-electron chi connectivity index (χ4n) is 3.02. The number of aromatic nitrogens is 4. The number of amides is 1. The molecule has 0 saturated heterocycles. The first kappa shape index (κ1) is 17.7. The summed E-state index contributed by atoms with van der Waals surface area (Å²) in [6.45, 7) is 1.97. The summed E-state index contributed by atoms with van der Waals surface area (Å²) in [6, 6.07) is 17.1. The summed E-state index contributed by atoms with van der Waals surface area (Å²) < 4.78 is 1.63. The van der Waals surface area contributed by atoms with Gasteiger partial charge in [-0.3, -0.25) is 9.59 Å². The molecule has 0 radical (unpaired) electrons. The van der Waals surface area contributed by atoms with Crippen molar-refractivity contribution in [3.05, 3.63) is 82.5 Å². The van der Waals surface area contributed by atoms with Crippen LogP contribution in [0.5, 0.6) is 0 Å². The van der Waals surface area contributed by atoms with Crippen LogP contribution in [-0.4, -0.2) is 25.7 Å². The molecule has 0 saturated carbocycles. The minimum Gasteiger partial charge on any atom is -0.326 e. The van der Waals surface area contributed by atoms with Crippen molar-refractivity contribution in [3.63, 3.8) is 0 Å². The molecule has 28 heavy (non-hydrogen) atoms. The third-order valence-corrected chi connectivity index (χ3v) is 4.38. The fraction of sp³-hybridized carbons (Fsp3) is 0.143. The van der Waals surface area contributed by atoms with Crippen LogP contribution in [0.2, 0.25) is 0 Å². The van der Waals surface area contributed by atoms with Gasteiger partial charge in [0, 0.05) is 18.5 Å². The quantitative estimate of drug-likeness (QED) is 0.562. The second-order valence-electron chi connectivity index (χ2n) is 6.56. The van der Waals surface area contributed by atoms with Crippen LogP contribution in [0.25, 0.3) is 16.7 Å². The van der Waals surface area contributed by atoms with Crippen molar-refractivity contribution >= 4 is 22.6 Å². The van der Waals surface area contributed by atoms with Crippen LogP contribution in [0.1, 0.15) is 17.8 Å². The van der Waals surface area contributed by atoms with Crippen molar-refractivity contribution in [1.29, 1.82) is 0 Å². The number of aromatic amines is 1. The molecule has 4 aromatic rings. The molecule has 0 bridgehead atoms. The van der Waals surface area contributed by atoms with Crippen LogP contribution in [0, 0.1) is 6.92 Å². The minimum atomic E-state index is -0.263. The van der Waals surface area contributed by atoms with Gasteiger partial charge in [0.1, 0.15) is 11.2 Å². The van der Waals surface area contributed by atoms with Gasteiger partial charge in [0.05, 0.1) is 11.9 Å². The second kappa shape index (κ2) is 7.48. The summed E-state index contributed by atoms with van der Waals surface area (Å²) in [5, 5.41) is 7.56. The third kappa shape index (κ3) is 3.68. The van der Waals surface area contributed by atoms with Gasteiger partial charge < -0.3 is 10.3 Å². The Labute approximate surface area is 161 Å². The van der Waals surface area contributed by atoms with E-state index in [0.717, 1.165) is 16.9 Å². The smallest absolute Gasteiger partial charge is 0.262 e. The lowest BCUT2D eigenvalue weighted by molar-refractivity contribution is -0.116. The summed E-state index contributed by atoms with van der Waals surface area (Å²) in [6.07, 6.45) is 2.03. The Morgan fingerprint density at radius 2 is 1.96 bits per heavy atom. The third-order valence-electron chi connectivity index (χ3n) is 4.38. The van der Waals surface area contributed by atoms with Gasteiger partial charge in [0.15, 0.2) is 5.65 Å². The second-order valence-corrected chi connectivity index (χ2v) is 6.56. The molecular weight excluding hydrogens is 354 g/mol. The number of nitrogens with one attached hydrogen (secondary N) is 2. The number of carbonyl (C=O) groups is 1. The molecule has 0 aliphatic carbocycles. The highest BCUT2D eigenvalue weighted by molar-refractivity contribution is 5.90. The van der Waals surface area contributed by atoms with Gasteiger partial charge in [-0.15, -0.1) is 0 Å². The number of nitrogens with zero attached hydrogens (tertiary/aromatic N) is 3. The zero-order valence-electron chi connectivity index (χ0n) is 15.3. The van der Waals surface area contributed by atoms with Gasteiger partial charge in [-0.25, -0.2) is 9.67 Å². The molecule has 4 rings (SSSR count). The van der Waals surface area contributed by atoms with E-state index in [-0.39, 0.29) is 17.9 Å². The van der Waals surface area contributed by atoms with Crippen LogP contribution in [0.4, 0.5) is 5.69 Å². The number of aryl methyl sites for hydroxylation is 2. The largest absolute Gasteiger partial charge is 0.326 e. The molecule has 0 atom stereocenters. The topological polar surface area (TPSA) is 92.7 Å². The summed E-state index contributed by atoms with van der Waals surface area (Å²) in [5.41, 5.74) is 2.86. The average molecular weight is 373 g/mol. The Kier molecular flexibility index (Phi) is 4.72. The maximum absolute atomic E-state index is 12.4. The molecule has 2 aromatic heterocycles. The number of fused-ring (bicyclic) bond motifs is 1. The predicted octanol–water partition coefficient (Wildman–Crippen LogP) is 2.99. The molecule has 2 heterocycles. The predicted molar refractivity (Wildman–Crippen MR) is 108 cm³/mol. The Morgan fingerprint density at radius 3 is 2.75 bits per heavy atom. The number of para-hydroxylation sites is 1. The van der Waals surface area contributed by atoms with Crippen LogP contribution in [0.3, 0.4) is 0 Å². The molecule has 140 valence electrons. The SMILES string of the molecule is Cc1cccc(NC(=O)CCc2nc3c(cnn3-c3ccccc3)c(=O)[nH]2)c1. The molecule has 0 aliphatic rings.